The quantitative estimate of drug-likeness (QED) is 0.468. The lowest BCUT2D eigenvalue weighted by atomic mass is 10.0. The minimum atomic E-state index is -0.0964. The van der Waals surface area contributed by atoms with Crippen LogP contribution in [0.3, 0.4) is 0 Å². The Kier molecular flexibility index (Phi) is 3.95. The van der Waals surface area contributed by atoms with Gasteiger partial charge >= 0.3 is 0 Å². The second-order valence-electron chi connectivity index (χ2n) is 6.81. The zero-order valence-corrected chi connectivity index (χ0v) is 15.1. The van der Waals surface area contributed by atoms with Crippen molar-refractivity contribution in [2.75, 3.05) is 0 Å². The topological polar surface area (TPSA) is 47.8 Å². The lowest BCUT2D eigenvalue weighted by Crippen LogP contribution is -2.21. The smallest absolute Gasteiger partial charge is 0.269 e. The molecule has 2 heterocycles. The van der Waals surface area contributed by atoms with Crippen LogP contribution in [0.25, 0.3) is 32.9 Å². The fourth-order valence-corrected chi connectivity index (χ4v) is 3.57. The van der Waals surface area contributed by atoms with Gasteiger partial charge in [0.2, 0.25) is 0 Å². The normalized spacial score (nSPS) is 11.1. The molecule has 0 aliphatic rings. The second kappa shape index (κ2) is 6.74. The van der Waals surface area contributed by atoms with E-state index < -0.39 is 0 Å². The van der Waals surface area contributed by atoms with Gasteiger partial charge in [-0.2, -0.15) is 0 Å². The Balaban J connectivity index is 1.56. The summed E-state index contributed by atoms with van der Waals surface area (Å²) in [6.45, 7) is 0.505. The molecule has 0 amide bonds. The summed E-state index contributed by atoms with van der Waals surface area (Å²) in [7, 11) is 0. The third-order valence-corrected chi connectivity index (χ3v) is 4.99. The number of benzene rings is 3. The van der Waals surface area contributed by atoms with E-state index in [1.807, 2.05) is 48.7 Å². The number of aromatic nitrogens is 3. The zero-order valence-electron chi connectivity index (χ0n) is 15.1. The molecule has 28 heavy (non-hydrogen) atoms. The van der Waals surface area contributed by atoms with Gasteiger partial charge in [-0.25, -0.2) is 4.98 Å². The zero-order chi connectivity index (χ0) is 18.9. The van der Waals surface area contributed by atoms with Crippen molar-refractivity contribution in [3.63, 3.8) is 0 Å². The maximum Gasteiger partial charge on any atom is 0.269 e. The Hall–Kier alpha value is -3.79. The van der Waals surface area contributed by atoms with E-state index in [2.05, 4.69) is 40.3 Å². The summed E-state index contributed by atoms with van der Waals surface area (Å²) < 4.78 is 1.77. The number of para-hydroxylation sites is 2. The fraction of sp³-hybridized carbons (Fsp3) is 0.0417. The fourth-order valence-electron chi connectivity index (χ4n) is 3.57. The Bertz CT molecular complexity index is 1370. The van der Waals surface area contributed by atoms with Crippen LogP contribution in [0.5, 0.6) is 0 Å². The molecule has 0 radical (unpaired) electrons. The lowest BCUT2D eigenvalue weighted by molar-refractivity contribution is 0.787. The molecular formula is C24H17N3O. The predicted molar refractivity (Wildman–Crippen MR) is 112 cm³/mol. The first-order valence-electron chi connectivity index (χ1n) is 9.16. The lowest BCUT2D eigenvalue weighted by Gasteiger charge is -2.11. The van der Waals surface area contributed by atoms with Gasteiger partial charge in [0.25, 0.3) is 5.56 Å². The van der Waals surface area contributed by atoms with E-state index in [0.717, 1.165) is 33.1 Å². The average molecular weight is 363 g/mol. The van der Waals surface area contributed by atoms with Crippen LogP contribution in [0.1, 0.15) is 5.56 Å². The van der Waals surface area contributed by atoms with Crippen molar-refractivity contribution in [2.24, 2.45) is 0 Å². The third-order valence-electron chi connectivity index (χ3n) is 4.99. The minimum Gasteiger partial charge on any atom is -0.301 e. The van der Waals surface area contributed by atoms with Crippen LogP contribution in [0.2, 0.25) is 0 Å². The molecule has 0 unspecified atom stereocenters. The summed E-state index contributed by atoms with van der Waals surface area (Å²) in [6, 6.07) is 24.4. The number of pyridine rings is 1. The van der Waals surface area contributed by atoms with Crippen molar-refractivity contribution in [1.82, 2.24) is 14.5 Å². The second-order valence-corrected chi connectivity index (χ2v) is 6.81. The maximum absolute atomic E-state index is 12.4. The maximum atomic E-state index is 12.4. The van der Waals surface area contributed by atoms with E-state index in [-0.39, 0.29) is 5.56 Å². The van der Waals surface area contributed by atoms with Crippen LogP contribution in [0.15, 0.2) is 96.2 Å². The van der Waals surface area contributed by atoms with Crippen molar-refractivity contribution in [2.45, 2.75) is 6.54 Å². The van der Waals surface area contributed by atoms with E-state index in [0.29, 0.717) is 6.54 Å². The van der Waals surface area contributed by atoms with Gasteiger partial charge in [-0.3, -0.25) is 9.78 Å². The Morgan fingerprint density at radius 3 is 2.64 bits per heavy atom. The predicted octanol–water partition coefficient (Wildman–Crippen LogP) is 4.66. The molecule has 3 aromatic carbocycles. The molecule has 0 aliphatic heterocycles. The van der Waals surface area contributed by atoms with E-state index >= 15 is 0 Å². The standard InChI is InChI=1S/C24H17N3O/c28-24-15-26-22-6-1-2-7-23(22)27(24)16-17-4-3-5-19(12-17)20-9-8-18-10-11-25-14-21(18)13-20/h1-15H,16H2. The molecule has 0 saturated heterocycles. The van der Waals surface area contributed by atoms with Gasteiger partial charge in [0.05, 0.1) is 23.8 Å². The summed E-state index contributed by atoms with van der Waals surface area (Å²) >= 11 is 0. The van der Waals surface area contributed by atoms with E-state index in [9.17, 15) is 4.79 Å². The first kappa shape index (κ1) is 16.4. The van der Waals surface area contributed by atoms with Crippen molar-refractivity contribution < 1.29 is 0 Å². The molecule has 0 saturated carbocycles. The molecule has 0 atom stereocenters. The summed E-state index contributed by atoms with van der Waals surface area (Å²) in [6.07, 6.45) is 5.08. The molecule has 4 nitrogen and oxygen atoms in total. The summed E-state index contributed by atoms with van der Waals surface area (Å²) in [5.41, 5.74) is 4.89. The van der Waals surface area contributed by atoms with E-state index in [1.165, 1.54) is 11.6 Å². The van der Waals surface area contributed by atoms with Gasteiger partial charge in [-0.15, -0.1) is 0 Å². The van der Waals surface area contributed by atoms with Crippen LogP contribution in [0, 0.1) is 0 Å². The summed E-state index contributed by atoms with van der Waals surface area (Å²) in [5, 5.41) is 2.28. The molecule has 0 aliphatic carbocycles. The molecule has 0 N–H and O–H groups in total. The third kappa shape index (κ3) is 2.95. The van der Waals surface area contributed by atoms with Crippen LogP contribution in [-0.4, -0.2) is 14.5 Å². The molecule has 2 aromatic heterocycles. The van der Waals surface area contributed by atoms with Gasteiger partial charge in [-0.05, 0) is 52.4 Å². The highest BCUT2D eigenvalue weighted by Crippen LogP contribution is 2.25. The van der Waals surface area contributed by atoms with Crippen LogP contribution in [-0.2, 0) is 6.54 Å². The molecule has 5 aromatic rings. The molecule has 0 bridgehead atoms. The van der Waals surface area contributed by atoms with Gasteiger partial charge < -0.3 is 4.57 Å². The Labute approximate surface area is 161 Å². The monoisotopic (exact) mass is 363 g/mol. The van der Waals surface area contributed by atoms with Crippen molar-refractivity contribution >= 4 is 21.8 Å². The van der Waals surface area contributed by atoms with E-state index in [4.69, 9.17) is 0 Å². The Morgan fingerprint density at radius 1 is 0.786 bits per heavy atom. The summed E-state index contributed by atoms with van der Waals surface area (Å²) in [4.78, 5) is 20.9. The van der Waals surface area contributed by atoms with Crippen molar-refractivity contribution in [3.05, 3.63) is 107 Å². The molecule has 0 spiro atoms. The van der Waals surface area contributed by atoms with Gasteiger partial charge in [0.1, 0.15) is 0 Å². The van der Waals surface area contributed by atoms with Crippen molar-refractivity contribution in [3.8, 4) is 11.1 Å². The molecular weight excluding hydrogens is 346 g/mol. The Morgan fingerprint density at radius 2 is 1.68 bits per heavy atom. The molecule has 134 valence electrons. The first-order chi connectivity index (χ1) is 13.8. The van der Waals surface area contributed by atoms with Crippen LogP contribution in [0.4, 0.5) is 0 Å². The van der Waals surface area contributed by atoms with Crippen LogP contribution >= 0.6 is 0 Å². The van der Waals surface area contributed by atoms with Gasteiger partial charge in [0.15, 0.2) is 0 Å². The SMILES string of the molecule is O=c1cnc2ccccc2n1Cc1cccc(-c2ccc3ccncc3c2)c1. The number of rotatable bonds is 3. The number of hydrogen-bond acceptors (Lipinski definition) is 3. The molecule has 5 rings (SSSR count). The highest BCUT2D eigenvalue weighted by Gasteiger charge is 2.06. The molecule has 0 fully saturated rings. The molecule has 4 heteroatoms. The van der Waals surface area contributed by atoms with Gasteiger partial charge in [-0.1, -0.05) is 42.5 Å². The first-order valence-corrected chi connectivity index (χ1v) is 9.16. The highest BCUT2D eigenvalue weighted by atomic mass is 16.1. The highest BCUT2D eigenvalue weighted by molar-refractivity contribution is 5.86. The van der Waals surface area contributed by atoms with E-state index in [1.54, 1.807) is 10.8 Å². The largest absolute Gasteiger partial charge is 0.301 e. The number of hydrogen-bond donors (Lipinski definition) is 0. The van der Waals surface area contributed by atoms with Crippen LogP contribution < -0.4 is 5.56 Å². The summed E-state index contributed by atoms with van der Waals surface area (Å²) in [5.74, 6) is 0. The minimum absolute atomic E-state index is 0.0964. The average Bonchev–Trinajstić information content (AvgIpc) is 2.76. The number of fused-ring (bicyclic) bond motifs is 2. The van der Waals surface area contributed by atoms with Gasteiger partial charge in [0, 0.05) is 17.8 Å². The number of nitrogens with zero attached hydrogens (tertiary/aromatic N) is 3. The van der Waals surface area contributed by atoms with Crippen molar-refractivity contribution in [1.29, 1.82) is 0 Å².